The predicted octanol–water partition coefficient (Wildman–Crippen LogP) is 0.786. The molecule has 4 heteroatoms. The van der Waals surface area contributed by atoms with Gasteiger partial charge in [0.05, 0.1) is 0 Å². The van der Waals surface area contributed by atoms with E-state index in [4.69, 9.17) is 0 Å². The summed E-state index contributed by atoms with van der Waals surface area (Å²) in [5.74, 6) is 0. The second-order valence-corrected chi connectivity index (χ2v) is 4.80. The summed E-state index contributed by atoms with van der Waals surface area (Å²) in [5.41, 5.74) is 2.21. The van der Waals surface area contributed by atoms with Gasteiger partial charge in [-0.3, -0.25) is 0 Å². The fraction of sp³-hybridized carbons (Fsp3) is 0.455. The molecule has 1 aliphatic heterocycles. The molecule has 1 aromatic carbocycles. The molecule has 1 N–H and O–H groups in total. The molecule has 2 rings (SSSR count). The van der Waals surface area contributed by atoms with Crippen LogP contribution >= 0.6 is 0 Å². The van der Waals surface area contributed by atoms with Crippen molar-refractivity contribution >= 4 is 12.5 Å². The third kappa shape index (κ3) is 2.52. The van der Waals surface area contributed by atoms with Crippen molar-refractivity contribution in [3.05, 3.63) is 29.8 Å². The maximum Gasteiger partial charge on any atom is 0.342 e. The second kappa shape index (κ2) is 4.66. The van der Waals surface area contributed by atoms with Gasteiger partial charge in [0, 0.05) is 38.2 Å². The van der Waals surface area contributed by atoms with Crippen LogP contribution in [0.4, 0.5) is 0 Å². The van der Waals surface area contributed by atoms with Crippen molar-refractivity contribution in [3.63, 3.8) is 0 Å². The zero-order valence-corrected chi connectivity index (χ0v) is 12.3. The minimum absolute atomic E-state index is 0. The van der Waals surface area contributed by atoms with Gasteiger partial charge in [0.1, 0.15) is 0 Å². The van der Waals surface area contributed by atoms with Crippen molar-refractivity contribution in [2.24, 2.45) is 0 Å². The fourth-order valence-corrected chi connectivity index (χ4v) is 1.90. The Morgan fingerprint density at radius 3 is 2.67 bits per heavy atom. The zero-order chi connectivity index (χ0) is 10.3. The third-order valence-corrected chi connectivity index (χ3v) is 2.77. The molecule has 0 aromatic heterocycles. The Morgan fingerprint density at radius 2 is 2.13 bits per heavy atom. The third-order valence-electron chi connectivity index (χ3n) is 2.77. The van der Waals surface area contributed by atoms with Crippen LogP contribution in [0.3, 0.4) is 0 Å². The molecule has 0 fully saturated rings. The molecule has 1 aromatic rings. The van der Waals surface area contributed by atoms with Gasteiger partial charge < -0.3 is 9.83 Å². The fourth-order valence-electron chi connectivity index (χ4n) is 1.90. The van der Waals surface area contributed by atoms with Gasteiger partial charge in [-0.25, -0.2) is 0 Å². The van der Waals surface area contributed by atoms with E-state index in [1.54, 1.807) is 0 Å². The van der Waals surface area contributed by atoms with Gasteiger partial charge in [-0.05, 0) is 27.3 Å². The molecule has 1 radical (unpaired) electrons. The van der Waals surface area contributed by atoms with E-state index in [1.807, 2.05) is 18.2 Å². The predicted molar refractivity (Wildman–Crippen MR) is 58.2 cm³/mol. The molecule has 2 nitrogen and oxygen atoms in total. The molecule has 0 atom stereocenters. The Kier molecular flexibility index (Phi) is 4.16. The molecule has 0 amide bonds. The van der Waals surface area contributed by atoms with E-state index in [1.165, 1.54) is 5.56 Å². The van der Waals surface area contributed by atoms with Gasteiger partial charge in [0.15, 0.2) is 0 Å². The van der Waals surface area contributed by atoms with Gasteiger partial charge in [-0.1, -0.05) is 0 Å². The Morgan fingerprint density at radius 1 is 1.47 bits per heavy atom. The van der Waals surface area contributed by atoms with Crippen LogP contribution in [0.15, 0.2) is 18.2 Å². The van der Waals surface area contributed by atoms with Crippen molar-refractivity contribution in [1.29, 1.82) is 0 Å². The number of nitrogens with zero attached hydrogens (tertiary/aromatic N) is 1. The summed E-state index contributed by atoms with van der Waals surface area (Å²) in [5, 5.41) is 10.1. The summed E-state index contributed by atoms with van der Waals surface area (Å²) < 4.78 is 0. The van der Waals surface area contributed by atoms with Gasteiger partial charge in [0.2, 0.25) is 0 Å². The maximum atomic E-state index is 10.1. The Bertz CT molecular complexity index is 351. The monoisotopic (exact) mass is 277 g/mol. The van der Waals surface area contributed by atoms with Gasteiger partial charge in [-0.15, -0.1) is 11.0 Å². The first-order chi connectivity index (χ1) is 6.50. The smallest absolute Gasteiger partial charge is 0.342 e. The number of rotatable bonds is 0. The first-order valence-corrected chi connectivity index (χ1v) is 4.94. The van der Waals surface area contributed by atoms with E-state index in [0.29, 0.717) is 0 Å². The van der Waals surface area contributed by atoms with Crippen LogP contribution in [0.1, 0.15) is 26.3 Å². The molecule has 1 heterocycles. The zero-order valence-electron chi connectivity index (χ0n) is 9.49. The van der Waals surface area contributed by atoms with Crippen molar-refractivity contribution < 1.29 is 37.7 Å². The molecule has 77 valence electrons. The van der Waals surface area contributed by atoms with Crippen molar-refractivity contribution in [3.8, 4) is 0 Å². The molecule has 15 heavy (non-hydrogen) atoms. The second-order valence-electron chi connectivity index (χ2n) is 4.80. The van der Waals surface area contributed by atoms with E-state index in [-0.39, 0.29) is 38.2 Å². The maximum absolute atomic E-state index is 10.1. The van der Waals surface area contributed by atoms with Crippen molar-refractivity contribution in [2.45, 2.75) is 32.9 Å². The van der Waals surface area contributed by atoms with E-state index in [2.05, 4.69) is 31.6 Å². The van der Waals surface area contributed by atoms with Crippen LogP contribution in [-0.2, 0) is 39.3 Å². The normalized spacial score (nSPS) is 16.1. The van der Waals surface area contributed by atoms with Gasteiger partial charge >= 0.3 is 7.05 Å². The molecule has 0 aliphatic carbocycles. The van der Waals surface area contributed by atoms with E-state index < -0.39 is 7.05 Å². The molecule has 0 unspecified atom stereocenters. The van der Waals surface area contributed by atoms with Crippen LogP contribution in [0, 0.1) is 6.07 Å². The molecule has 0 saturated carbocycles. The quantitative estimate of drug-likeness (QED) is 0.559. The largest absolute Gasteiger partial charge is 0.444 e. The summed E-state index contributed by atoms with van der Waals surface area (Å²) >= 11 is 0. The van der Waals surface area contributed by atoms with Crippen LogP contribution < -0.4 is 5.46 Å². The molecule has 1 aliphatic rings. The number of hydrogen-bond donors (Lipinski definition) is 1. The first-order valence-electron chi connectivity index (χ1n) is 4.94. The van der Waals surface area contributed by atoms with Gasteiger partial charge in [-0.2, -0.15) is 24.3 Å². The average molecular weight is 277 g/mol. The molecule has 0 spiro atoms. The minimum atomic E-state index is -0.470. The molecule has 0 bridgehead atoms. The topological polar surface area (TPSA) is 23.5 Å². The Hall–Kier alpha value is 0.309. The molecular weight excluding hydrogens is 262 g/mol. The first kappa shape index (κ1) is 13.4. The number of fused-ring (bicyclic) bond motifs is 1. The van der Waals surface area contributed by atoms with Crippen molar-refractivity contribution in [2.75, 3.05) is 0 Å². The number of benzene rings is 1. The summed E-state index contributed by atoms with van der Waals surface area (Å²) in [6.45, 7) is 7.18. The number of hydrogen-bond acceptors (Lipinski definition) is 2. The standard InChI is InChI=1S/C11H15BNO.Y/c1-11(2,3)13-8-9-6-4-5-7-10(9)12(13)14;/h4,6-7,14H,8H2,1-3H3;/q-1;. The van der Waals surface area contributed by atoms with E-state index in [0.717, 1.165) is 12.0 Å². The van der Waals surface area contributed by atoms with Crippen LogP contribution in [0.2, 0.25) is 0 Å². The van der Waals surface area contributed by atoms with Crippen molar-refractivity contribution in [1.82, 2.24) is 4.81 Å². The van der Waals surface area contributed by atoms with Crippen LogP contribution in [-0.4, -0.2) is 22.4 Å². The van der Waals surface area contributed by atoms with Crippen LogP contribution in [0.5, 0.6) is 0 Å². The average Bonchev–Trinajstić information content (AvgIpc) is 2.44. The summed E-state index contributed by atoms with van der Waals surface area (Å²) in [7, 11) is -0.470. The summed E-state index contributed by atoms with van der Waals surface area (Å²) in [4.78, 5) is 2.09. The van der Waals surface area contributed by atoms with Gasteiger partial charge in [0.25, 0.3) is 0 Å². The van der Waals surface area contributed by atoms with E-state index in [9.17, 15) is 5.02 Å². The minimum Gasteiger partial charge on any atom is -0.444 e. The Balaban J connectivity index is 0.00000112. The molecule has 0 saturated heterocycles. The summed E-state index contributed by atoms with van der Waals surface area (Å²) in [6.07, 6.45) is 0. The van der Waals surface area contributed by atoms with Crippen LogP contribution in [0.25, 0.3) is 0 Å². The summed E-state index contributed by atoms with van der Waals surface area (Å²) in [6, 6.07) is 8.82. The Labute approximate surface area is 117 Å². The van der Waals surface area contributed by atoms with E-state index >= 15 is 0 Å². The SMILES string of the molecule is CC(C)(C)N1Cc2cc[c-]cc2B1O.[Y]. The molecular formula is C11H15BNOY-.